The predicted molar refractivity (Wildman–Crippen MR) is 70.2 cm³/mol. The maximum atomic E-state index is 6.15. The standard InChI is InChI=1S/C12H14ClN5/c13-9-7-15-12(14)17-11(9)8-6-16-18-5-3-1-2-4-10(8)18/h6-7H,1-5H2,(H2,14,15,17). The van der Waals surface area contributed by atoms with Gasteiger partial charge in [0.1, 0.15) is 0 Å². The molecule has 0 atom stereocenters. The van der Waals surface area contributed by atoms with Crippen molar-refractivity contribution in [2.75, 3.05) is 5.73 Å². The van der Waals surface area contributed by atoms with Crippen molar-refractivity contribution < 1.29 is 0 Å². The summed E-state index contributed by atoms with van der Waals surface area (Å²) in [5.41, 5.74) is 8.50. The maximum absolute atomic E-state index is 6.15. The van der Waals surface area contributed by atoms with Crippen LogP contribution in [0.5, 0.6) is 0 Å². The van der Waals surface area contributed by atoms with Crippen LogP contribution in [0, 0.1) is 0 Å². The summed E-state index contributed by atoms with van der Waals surface area (Å²) in [5.74, 6) is 0.239. The topological polar surface area (TPSA) is 69.6 Å². The number of nitrogens with two attached hydrogens (primary N) is 1. The molecule has 2 aromatic heterocycles. The Morgan fingerprint density at radius 2 is 2.11 bits per heavy atom. The second-order valence-electron chi connectivity index (χ2n) is 4.46. The SMILES string of the molecule is Nc1ncc(Cl)c(-c2cnn3c2CCCCC3)n1. The summed E-state index contributed by atoms with van der Waals surface area (Å²) >= 11 is 6.15. The van der Waals surface area contributed by atoms with Gasteiger partial charge in [0.05, 0.1) is 23.1 Å². The van der Waals surface area contributed by atoms with Crippen molar-refractivity contribution in [2.45, 2.75) is 32.2 Å². The monoisotopic (exact) mass is 263 g/mol. The fourth-order valence-electron chi connectivity index (χ4n) is 2.37. The normalized spacial score (nSPS) is 15.2. The predicted octanol–water partition coefficient (Wildman–Crippen LogP) is 2.30. The highest BCUT2D eigenvalue weighted by molar-refractivity contribution is 6.32. The average molecular weight is 264 g/mol. The van der Waals surface area contributed by atoms with Gasteiger partial charge in [-0.2, -0.15) is 5.10 Å². The molecule has 5 nitrogen and oxygen atoms in total. The Labute approximate surface area is 110 Å². The van der Waals surface area contributed by atoms with Gasteiger partial charge in [-0.05, 0) is 19.3 Å². The number of nitrogen functional groups attached to an aromatic ring is 1. The fraction of sp³-hybridized carbons (Fsp3) is 0.417. The third-order valence-corrected chi connectivity index (χ3v) is 3.53. The van der Waals surface area contributed by atoms with Gasteiger partial charge in [0, 0.05) is 17.8 Å². The summed E-state index contributed by atoms with van der Waals surface area (Å²) in [7, 11) is 0. The van der Waals surface area contributed by atoms with Crippen LogP contribution in [0.1, 0.15) is 25.0 Å². The van der Waals surface area contributed by atoms with Crippen LogP contribution < -0.4 is 5.73 Å². The summed E-state index contributed by atoms with van der Waals surface area (Å²) in [4.78, 5) is 8.12. The lowest BCUT2D eigenvalue weighted by atomic mass is 10.1. The van der Waals surface area contributed by atoms with Gasteiger partial charge in [0.2, 0.25) is 5.95 Å². The highest BCUT2D eigenvalue weighted by atomic mass is 35.5. The van der Waals surface area contributed by atoms with Gasteiger partial charge < -0.3 is 5.73 Å². The third-order valence-electron chi connectivity index (χ3n) is 3.25. The zero-order chi connectivity index (χ0) is 12.5. The molecular weight excluding hydrogens is 250 g/mol. The Morgan fingerprint density at radius 3 is 3.00 bits per heavy atom. The first-order valence-electron chi connectivity index (χ1n) is 6.09. The molecule has 3 heterocycles. The van der Waals surface area contributed by atoms with Crippen LogP contribution in [0.2, 0.25) is 5.02 Å². The second kappa shape index (κ2) is 4.57. The van der Waals surface area contributed by atoms with Crippen molar-refractivity contribution in [1.29, 1.82) is 0 Å². The van der Waals surface area contributed by atoms with Gasteiger partial charge in [-0.15, -0.1) is 0 Å². The lowest BCUT2D eigenvalue weighted by molar-refractivity contribution is 0.576. The van der Waals surface area contributed by atoms with E-state index < -0.39 is 0 Å². The molecule has 2 aromatic rings. The van der Waals surface area contributed by atoms with Crippen molar-refractivity contribution >= 4 is 17.5 Å². The van der Waals surface area contributed by atoms with E-state index in [-0.39, 0.29) is 5.95 Å². The molecular formula is C12H14ClN5. The maximum Gasteiger partial charge on any atom is 0.220 e. The molecule has 0 saturated heterocycles. The van der Waals surface area contributed by atoms with Gasteiger partial charge in [-0.3, -0.25) is 4.68 Å². The van der Waals surface area contributed by atoms with E-state index in [1.54, 1.807) is 6.20 Å². The van der Waals surface area contributed by atoms with Crippen molar-refractivity contribution in [3.8, 4) is 11.3 Å². The van der Waals surface area contributed by atoms with Crippen LogP contribution in [0.3, 0.4) is 0 Å². The number of nitrogens with zero attached hydrogens (tertiary/aromatic N) is 4. The number of hydrogen-bond acceptors (Lipinski definition) is 4. The van der Waals surface area contributed by atoms with Crippen molar-refractivity contribution in [2.24, 2.45) is 0 Å². The number of fused-ring (bicyclic) bond motifs is 1. The molecule has 3 rings (SSSR count). The minimum absolute atomic E-state index is 0.239. The first kappa shape index (κ1) is 11.5. The molecule has 0 bridgehead atoms. The molecule has 6 heteroatoms. The first-order chi connectivity index (χ1) is 8.75. The minimum atomic E-state index is 0.239. The van der Waals surface area contributed by atoms with Crippen LogP contribution in [0.25, 0.3) is 11.3 Å². The summed E-state index contributed by atoms with van der Waals surface area (Å²) in [6, 6.07) is 0. The zero-order valence-electron chi connectivity index (χ0n) is 9.93. The molecule has 0 spiro atoms. The van der Waals surface area contributed by atoms with Crippen LogP contribution in [0.15, 0.2) is 12.4 Å². The molecule has 0 unspecified atom stereocenters. The quantitative estimate of drug-likeness (QED) is 0.857. The van der Waals surface area contributed by atoms with E-state index in [0.29, 0.717) is 10.7 Å². The molecule has 0 radical (unpaired) electrons. The lowest BCUT2D eigenvalue weighted by Gasteiger charge is -2.06. The van der Waals surface area contributed by atoms with E-state index >= 15 is 0 Å². The Kier molecular flexibility index (Phi) is 2.91. The van der Waals surface area contributed by atoms with Crippen LogP contribution in [-0.4, -0.2) is 19.7 Å². The molecule has 0 saturated carbocycles. The third kappa shape index (κ3) is 1.95. The van der Waals surface area contributed by atoms with Crippen LogP contribution in [0.4, 0.5) is 5.95 Å². The molecule has 0 amide bonds. The summed E-state index contributed by atoms with van der Waals surface area (Å²) in [6.45, 7) is 0.966. The molecule has 0 aromatic carbocycles. The fourth-order valence-corrected chi connectivity index (χ4v) is 2.56. The van der Waals surface area contributed by atoms with E-state index in [9.17, 15) is 0 Å². The summed E-state index contributed by atoms with van der Waals surface area (Å²) in [6.07, 6.45) is 7.97. The number of aryl methyl sites for hydroxylation is 1. The number of rotatable bonds is 1. The zero-order valence-corrected chi connectivity index (χ0v) is 10.7. The first-order valence-corrected chi connectivity index (χ1v) is 6.46. The molecule has 2 N–H and O–H groups in total. The van der Waals surface area contributed by atoms with Gasteiger partial charge >= 0.3 is 0 Å². The highest BCUT2D eigenvalue weighted by Gasteiger charge is 2.18. The highest BCUT2D eigenvalue weighted by Crippen LogP contribution is 2.30. The van der Waals surface area contributed by atoms with Crippen molar-refractivity contribution in [3.05, 3.63) is 23.1 Å². The second-order valence-corrected chi connectivity index (χ2v) is 4.87. The molecule has 0 aliphatic carbocycles. The largest absolute Gasteiger partial charge is 0.368 e. The van der Waals surface area contributed by atoms with E-state index in [1.165, 1.54) is 25.0 Å². The van der Waals surface area contributed by atoms with Crippen LogP contribution in [-0.2, 0) is 13.0 Å². The van der Waals surface area contributed by atoms with Gasteiger partial charge in [0.25, 0.3) is 0 Å². The summed E-state index contributed by atoms with van der Waals surface area (Å²) in [5, 5.41) is 4.94. The lowest BCUT2D eigenvalue weighted by Crippen LogP contribution is -2.03. The Morgan fingerprint density at radius 1 is 1.22 bits per heavy atom. The Hall–Kier alpha value is -1.62. The van der Waals surface area contributed by atoms with Crippen molar-refractivity contribution in [3.63, 3.8) is 0 Å². The van der Waals surface area contributed by atoms with E-state index in [4.69, 9.17) is 17.3 Å². The molecule has 18 heavy (non-hydrogen) atoms. The summed E-state index contributed by atoms with van der Waals surface area (Å²) < 4.78 is 2.05. The van der Waals surface area contributed by atoms with Gasteiger partial charge in [-0.25, -0.2) is 9.97 Å². The van der Waals surface area contributed by atoms with E-state index in [0.717, 1.165) is 18.5 Å². The minimum Gasteiger partial charge on any atom is -0.368 e. The number of anilines is 1. The van der Waals surface area contributed by atoms with Crippen molar-refractivity contribution in [1.82, 2.24) is 19.7 Å². The molecule has 94 valence electrons. The number of hydrogen-bond donors (Lipinski definition) is 1. The van der Waals surface area contributed by atoms with Gasteiger partial charge in [-0.1, -0.05) is 18.0 Å². The average Bonchev–Trinajstić information content (AvgIpc) is 2.61. The van der Waals surface area contributed by atoms with E-state index in [1.807, 2.05) is 6.20 Å². The number of aromatic nitrogens is 4. The molecule has 1 aliphatic rings. The molecule has 1 aliphatic heterocycles. The van der Waals surface area contributed by atoms with Crippen LogP contribution >= 0.6 is 11.6 Å². The number of halogens is 1. The van der Waals surface area contributed by atoms with E-state index in [2.05, 4.69) is 19.7 Å². The Bertz CT molecular complexity index is 578. The molecule has 0 fully saturated rings. The van der Waals surface area contributed by atoms with Gasteiger partial charge in [0.15, 0.2) is 0 Å². The smallest absolute Gasteiger partial charge is 0.220 e. The Balaban J connectivity index is 2.12.